The molecule has 0 bridgehead atoms. The van der Waals surface area contributed by atoms with Gasteiger partial charge in [0.2, 0.25) is 11.8 Å². The van der Waals surface area contributed by atoms with Crippen LogP contribution in [0.25, 0.3) is 10.9 Å². The van der Waals surface area contributed by atoms with E-state index in [0.717, 1.165) is 47.5 Å². The van der Waals surface area contributed by atoms with Crippen LogP contribution in [-0.2, 0) is 15.2 Å². The fourth-order valence-corrected chi connectivity index (χ4v) is 4.96. The second-order valence-corrected chi connectivity index (χ2v) is 8.93. The highest BCUT2D eigenvalue weighted by Gasteiger charge is 2.43. The number of aromatic nitrogens is 1. The zero-order valence-electron chi connectivity index (χ0n) is 16.5. The van der Waals surface area contributed by atoms with E-state index in [1.165, 1.54) is 12.8 Å². The lowest BCUT2D eigenvalue weighted by Crippen LogP contribution is -2.48. The van der Waals surface area contributed by atoms with E-state index in [9.17, 15) is 14.7 Å². The van der Waals surface area contributed by atoms with Crippen molar-refractivity contribution in [2.75, 3.05) is 13.1 Å². The van der Waals surface area contributed by atoms with Crippen LogP contribution in [-0.4, -0.2) is 35.0 Å². The Morgan fingerprint density at radius 3 is 2.83 bits per heavy atom. The van der Waals surface area contributed by atoms with Gasteiger partial charge in [0.25, 0.3) is 0 Å². The van der Waals surface area contributed by atoms with Crippen LogP contribution in [0.15, 0.2) is 30.5 Å². The molecular weight excluding hydrogens is 366 g/mol. The van der Waals surface area contributed by atoms with Gasteiger partial charge in [0.1, 0.15) is 0 Å². The Kier molecular flexibility index (Phi) is 4.63. The van der Waals surface area contributed by atoms with Crippen molar-refractivity contribution in [2.24, 2.45) is 11.8 Å². The summed E-state index contributed by atoms with van der Waals surface area (Å²) in [6, 6.07) is 8.01. The lowest BCUT2D eigenvalue weighted by molar-refractivity contribution is -0.134. The summed E-state index contributed by atoms with van der Waals surface area (Å²) in [6.07, 6.45) is 6.93. The standard InChI is InChI=1S/C23H27N3O3/c27-21-6-4-19(22(28)26-21)16-10-15-11-17(3-5-20(15)25-12-16)23(29)7-8-24-13-18(23)9-14-1-2-14/h3,5,10-12,14,18-19,24,29H,1-2,4,6-9,13H2,(H,26,27,28). The molecule has 2 saturated heterocycles. The molecule has 3 unspecified atom stereocenters. The van der Waals surface area contributed by atoms with Gasteiger partial charge in [-0.25, -0.2) is 0 Å². The molecule has 152 valence electrons. The normalized spacial score (nSPS) is 30.4. The Hall–Kier alpha value is -2.31. The van der Waals surface area contributed by atoms with Crippen molar-refractivity contribution in [3.8, 4) is 0 Å². The SMILES string of the molecule is O=C1CCC(c2cnc3ccc(C4(O)CCNCC4CC4CC4)cc3c2)C(=O)N1. The molecule has 3 N–H and O–H groups in total. The fraction of sp³-hybridized carbons (Fsp3) is 0.522. The van der Waals surface area contributed by atoms with E-state index in [0.29, 0.717) is 19.3 Å². The number of imide groups is 1. The van der Waals surface area contributed by atoms with Crippen LogP contribution in [0.3, 0.4) is 0 Å². The van der Waals surface area contributed by atoms with Gasteiger partial charge in [-0.3, -0.25) is 19.9 Å². The molecule has 0 radical (unpaired) electrons. The number of fused-ring (bicyclic) bond motifs is 1. The first kappa shape index (κ1) is 18.7. The van der Waals surface area contributed by atoms with Crippen LogP contribution < -0.4 is 10.6 Å². The Balaban J connectivity index is 1.48. The molecule has 0 spiro atoms. The molecule has 1 aromatic carbocycles. The fourth-order valence-electron chi connectivity index (χ4n) is 4.96. The summed E-state index contributed by atoms with van der Waals surface area (Å²) in [5.74, 6) is 0.162. The van der Waals surface area contributed by atoms with Crippen molar-refractivity contribution in [1.82, 2.24) is 15.6 Å². The van der Waals surface area contributed by atoms with Gasteiger partial charge in [-0.2, -0.15) is 0 Å². The van der Waals surface area contributed by atoms with Crippen LogP contribution in [0.1, 0.15) is 55.6 Å². The average Bonchev–Trinajstić information content (AvgIpc) is 3.53. The van der Waals surface area contributed by atoms with Crippen molar-refractivity contribution in [3.63, 3.8) is 0 Å². The Morgan fingerprint density at radius 1 is 1.17 bits per heavy atom. The number of carbonyl (C=O) groups is 2. The highest BCUT2D eigenvalue weighted by atomic mass is 16.3. The number of nitrogens with one attached hydrogen (secondary N) is 2. The van der Waals surface area contributed by atoms with Gasteiger partial charge in [-0.05, 0) is 61.1 Å². The number of amides is 2. The van der Waals surface area contributed by atoms with Gasteiger partial charge in [0, 0.05) is 30.5 Å². The van der Waals surface area contributed by atoms with Crippen LogP contribution in [0.2, 0.25) is 0 Å². The van der Waals surface area contributed by atoms with Gasteiger partial charge in [0.05, 0.1) is 17.0 Å². The number of piperidine rings is 2. The zero-order chi connectivity index (χ0) is 20.0. The van der Waals surface area contributed by atoms with E-state index in [-0.39, 0.29) is 23.7 Å². The molecule has 3 atom stereocenters. The molecule has 29 heavy (non-hydrogen) atoms. The van der Waals surface area contributed by atoms with E-state index in [1.54, 1.807) is 6.20 Å². The van der Waals surface area contributed by atoms with E-state index in [2.05, 4.69) is 15.6 Å². The molecule has 3 heterocycles. The minimum atomic E-state index is -0.827. The minimum Gasteiger partial charge on any atom is -0.385 e. The smallest absolute Gasteiger partial charge is 0.234 e. The number of aliphatic hydroxyl groups is 1. The Bertz CT molecular complexity index is 971. The first-order valence-electron chi connectivity index (χ1n) is 10.7. The number of hydrogen-bond donors (Lipinski definition) is 3. The second-order valence-electron chi connectivity index (χ2n) is 8.93. The molecule has 2 amide bonds. The number of benzene rings is 1. The topological polar surface area (TPSA) is 91.3 Å². The zero-order valence-corrected chi connectivity index (χ0v) is 16.5. The Labute approximate surface area is 170 Å². The van der Waals surface area contributed by atoms with Crippen LogP contribution in [0, 0.1) is 11.8 Å². The third kappa shape index (κ3) is 3.55. The maximum Gasteiger partial charge on any atom is 0.234 e. The minimum absolute atomic E-state index is 0.211. The van der Waals surface area contributed by atoms with Gasteiger partial charge >= 0.3 is 0 Å². The van der Waals surface area contributed by atoms with E-state index >= 15 is 0 Å². The first-order chi connectivity index (χ1) is 14.0. The number of rotatable bonds is 4. The molecule has 3 aliphatic rings. The molecule has 1 aliphatic carbocycles. The van der Waals surface area contributed by atoms with Crippen molar-refractivity contribution in [2.45, 2.75) is 50.0 Å². The highest BCUT2D eigenvalue weighted by Crippen LogP contribution is 2.44. The highest BCUT2D eigenvalue weighted by molar-refractivity contribution is 6.01. The second kappa shape index (κ2) is 7.18. The van der Waals surface area contributed by atoms with E-state index in [4.69, 9.17) is 0 Å². The quantitative estimate of drug-likeness (QED) is 0.694. The summed E-state index contributed by atoms with van der Waals surface area (Å²) in [5, 5.41) is 18.5. The van der Waals surface area contributed by atoms with Crippen molar-refractivity contribution in [3.05, 3.63) is 41.6 Å². The summed E-state index contributed by atoms with van der Waals surface area (Å²) in [5.41, 5.74) is 1.79. The largest absolute Gasteiger partial charge is 0.385 e. The summed E-state index contributed by atoms with van der Waals surface area (Å²) in [7, 11) is 0. The van der Waals surface area contributed by atoms with Gasteiger partial charge in [-0.15, -0.1) is 0 Å². The van der Waals surface area contributed by atoms with Crippen molar-refractivity contribution < 1.29 is 14.7 Å². The number of nitrogens with zero attached hydrogens (tertiary/aromatic N) is 1. The molecule has 2 aromatic rings. The molecular formula is C23H27N3O3. The molecule has 1 saturated carbocycles. The van der Waals surface area contributed by atoms with Crippen LogP contribution in [0.4, 0.5) is 0 Å². The average molecular weight is 393 g/mol. The number of hydrogen-bond acceptors (Lipinski definition) is 5. The van der Waals surface area contributed by atoms with Crippen molar-refractivity contribution in [1.29, 1.82) is 0 Å². The third-order valence-corrected chi connectivity index (χ3v) is 6.91. The molecule has 1 aromatic heterocycles. The summed E-state index contributed by atoms with van der Waals surface area (Å²) < 4.78 is 0. The van der Waals surface area contributed by atoms with Crippen LogP contribution in [0.5, 0.6) is 0 Å². The molecule has 3 fully saturated rings. The van der Waals surface area contributed by atoms with Crippen LogP contribution >= 0.6 is 0 Å². The van der Waals surface area contributed by atoms with Gasteiger partial charge in [-0.1, -0.05) is 18.9 Å². The number of pyridine rings is 1. The Morgan fingerprint density at radius 2 is 2.03 bits per heavy atom. The maximum absolute atomic E-state index is 12.3. The molecule has 2 aliphatic heterocycles. The number of carbonyl (C=O) groups excluding carboxylic acids is 2. The lowest BCUT2D eigenvalue weighted by Gasteiger charge is -2.41. The predicted molar refractivity (Wildman–Crippen MR) is 109 cm³/mol. The van der Waals surface area contributed by atoms with Gasteiger partial charge in [0.15, 0.2) is 0 Å². The predicted octanol–water partition coefficient (Wildman–Crippen LogP) is 2.35. The maximum atomic E-state index is 12.3. The molecule has 6 nitrogen and oxygen atoms in total. The molecule has 5 rings (SSSR count). The first-order valence-corrected chi connectivity index (χ1v) is 10.7. The van der Waals surface area contributed by atoms with E-state index in [1.807, 2.05) is 24.3 Å². The summed E-state index contributed by atoms with van der Waals surface area (Å²) >= 11 is 0. The van der Waals surface area contributed by atoms with Crippen molar-refractivity contribution >= 4 is 22.7 Å². The monoisotopic (exact) mass is 393 g/mol. The summed E-state index contributed by atoms with van der Waals surface area (Å²) in [4.78, 5) is 28.2. The lowest BCUT2D eigenvalue weighted by atomic mass is 9.74. The molecule has 6 heteroatoms. The van der Waals surface area contributed by atoms with Gasteiger partial charge < -0.3 is 10.4 Å². The summed E-state index contributed by atoms with van der Waals surface area (Å²) in [6.45, 7) is 1.66. The van der Waals surface area contributed by atoms with E-state index < -0.39 is 5.60 Å². The third-order valence-electron chi connectivity index (χ3n) is 6.91.